The van der Waals surface area contributed by atoms with Crippen LogP contribution in [0.25, 0.3) is 11.1 Å². The Bertz CT molecular complexity index is 847. The lowest BCUT2D eigenvalue weighted by Crippen LogP contribution is -2.14. The number of pyridine rings is 1. The summed E-state index contributed by atoms with van der Waals surface area (Å²) in [6.07, 6.45) is 5.40. The Kier molecular flexibility index (Phi) is 5.42. The summed E-state index contributed by atoms with van der Waals surface area (Å²) >= 11 is 0. The van der Waals surface area contributed by atoms with Crippen LogP contribution in [0.5, 0.6) is 11.5 Å². The fourth-order valence-electron chi connectivity index (χ4n) is 2.30. The molecule has 0 saturated heterocycles. The van der Waals surface area contributed by atoms with Gasteiger partial charge in [0.1, 0.15) is 11.5 Å². The van der Waals surface area contributed by atoms with Gasteiger partial charge >= 0.3 is 0 Å². The minimum atomic E-state index is 0.794. The number of hydrogen-bond donors (Lipinski definition) is 0. The molecule has 0 aliphatic rings. The Balaban J connectivity index is 1.91. The van der Waals surface area contributed by atoms with Crippen molar-refractivity contribution in [1.82, 2.24) is 9.88 Å². The molecule has 0 fully saturated rings. The average Bonchev–Trinajstić information content (AvgIpc) is 2.67. The third-order valence-corrected chi connectivity index (χ3v) is 3.80. The van der Waals surface area contributed by atoms with Gasteiger partial charge < -0.3 is 9.64 Å². The maximum atomic E-state index is 6.04. The molecule has 126 valence electrons. The number of benzene rings is 2. The predicted octanol–water partition coefficient (Wildman–Crippen LogP) is 5.15. The van der Waals surface area contributed by atoms with Crippen molar-refractivity contribution in [1.29, 1.82) is 0 Å². The average molecular weight is 331 g/mol. The topological polar surface area (TPSA) is 37.7 Å². The molecule has 4 heteroatoms. The Hall–Kier alpha value is -3.14. The number of rotatable bonds is 6. The first kappa shape index (κ1) is 16.7. The number of nitrogens with zero attached hydrogens (tertiary/aromatic N) is 3. The van der Waals surface area contributed by atoms with Crippen molar-refractivity contribution < 1.29 is 4.74 Å². The van der Waals surface area contributed by atoms with Crippen molar-refractivity contribution in [2.75, 3.05) is 13.6 Å². The van der Waals surface area contributed by atoms with Gasteiger partial charge in [-0.2, -0.15) is 0 Å². The van der Waals surface area contributed by atoms with Crippen molar-refractivity contribution in [2.24, 2.45) is 4.99 Å². The first-order chi connectivity index (χ1) is 12.3. The second-order valence-corrected chi connectivity index (χ2v) is 5.66. The fourth-order valence-corrected chi connectivity index (χ4v) is 2.30. The molecule has 0 unspecified atom stereocenters. The Morgan fingerprint density at radius 2 is 1.80 bits per heavy atom. The highest BCUT2D eigenvalue weighted by Gasteiger charge is 2.08. The van der Waals surface area contributed by atoms with E-state index in [1.165, 1.54) is 0 Å². The van der Waals surface area contributed by atoms with E-state index in [-0.39, 0.29) is 0 Å². The van der Waals surface area contributed by atoms with E-state index in [0.29, 0.717) is 0 Å². The number of aromatic nitrogens is 1. The Labute approximate surface area is 148 Å². The molecule has 0 aliphatic heterocycles. The fraction of sp³-hybridized carbons (Fsp3) is 0.143. The second kappa shape index (κ2) is 8.11. The van der Waals surface area contributed by atoms with Crippen molar-refractivity contribution in [3.63, 3.8) is 0 Å². The SMILES string of the molecule is CCN(C)C=Nc1cncc(-c2ccccc2Oc2ccccc2)c1. The van der Waals surface area contributed by atoms with E-state index in [1.807, 2.05) is 85.1 Å². The van der Waals surface area contributed by atoms with Crippen LogP contribution in [0, 0.1) is 0 Å². The molecule has 3 aromatic rings. The molecule has 1 aromatic heterocycles. The van der Waals surface area contributed by atoms with Gasteiger partial charge in [-0.3, -0.25) is 4.98 Å². The summed E-state index contributed by atoms with van der Waals surface area (Å²) in [5.41, 5.74) is 2.77. The van der Waals surface area contributed by atoms with Gasteiger partial charge in [0.25, 0.3) is 0 Å². The summed E-state index contributed by atoms with van der Waals surface area (Å²) in [5, 5.41) is 0. The van der Waals surface area contributed by atoms with Crippen molar-refractivity contribution in [3.05, 3.63) is 73.1 Å². The van der Waals surface area contributed by atoms with Crippen LogP contribution in [-0.2, 0) is 0 Å². The number of aliphatic imine (C=N–C) groups is 1. The standard InChI is InChI=1S/C21H21N3O/c1-3-24(2)16-23-18-13-17(14-22-15-18)20-11-7-8-12-21(20)25-19-9-5-4-6-10-19/h4-16H,3H2,1-2H3. The van der Waals surface area contributed by atoms with Crippen molar-refractivity contribution >= 4 is 12.0 Å². The van der Waals surface area contributed by atoms with Gasteiger partial charge in [-0.15, -0.1) is 0 Å². The smallest absolute Gasteiger partial charge is 0.135 e. The van der Waals surface area contributed by atoms with Crippen molar-refractivity contribution in [3.8, 4) is 22.6 Å². The van der Waals surface area contributed by atoms with E-state index in [9.17, 15) is 0 Å². The molecule has 0 bridgehead atoms. The van der Waals surface area contributed by atoms with Gasteiger partial charge in [-0.1, -0.05) is 36.4 Å². The maximum Gasteiger partial charge on any atom is 0.135 e. The molecule has 4 nitrogen and oxygen atoms in total. The zero-order chi connectivity index (χ0) is 17.5. The van der Waals surface area contributed by atoms with Crippen LogP contribution in [0.4, 0.5) is 5.69 Å². The third-order valence-electron chi connectivity index (χ3n) is 3.80. The first-order valence-corrected chi connectivity index (χ1v) is 8.28. The second-order valence-electron chi connectivity index (χ2n) is 5.66. The largest absolute Gasteiger partial charge is 0.457 e. The molecule has 1 heterocycles. The molecule has 3 rings (SSSR count). The molecule has 0 saturated carbocycles. The zero-order valence-electron chi connectivity index (χ0n) is 14.5. The predicted molar refractivity (Wildman–Crippen MR) is 103 cm³/mol. The minimum absolute atomic E-state index is 0.794. The maximum absolute atomic E-state index is 6.04. The molecule has 0 atom stereocenters. The lowest BCUT2D eigenvalue weighted by atomic mass is 10.1. The molecule has 0 spiro atoms. The van der Waals surface area contributed by atoms with E-state index < -0.39 is 0 Å². The summed E-state index contributed by atoms with van der Waals surface area (Å²) < 4.78 is 6.04. The van der Waals surface area contributed by atoms with E-state index in [4.69, 9.17) is 4.74 Å². The Morgan fingerprint density at radius 3 is 2.60 bits per heavy atom. The van der Waals surface area contributed by atoms with Gasteiger partial charge in [-0.25, -0.2) is 4.99 Å². The highest BCUT2D eigenvalue weighted by Crippen LogP contribution is 2.34. The lowest BCUT2D eigenvalue weighted by Gasteiger charge is -2.12. The summed E-state index contributed by atoms with van der Waals surface area (Å²) in [6.45, 7) is 2.99. The van der Waals surface area contributed by atoms with Crippen LogP contribution in [0.3, 0.4) is 0 Å². The summed E-state index contributed by atoms with van der Waals surface area (Å²) in [7, 11) is 1.99. The van der Waals surface area contributed by atoms with Gasteiger partial charge in [0, 0.05) is 30.9 Å². The van der Waals surface area contributed by atoms with Gasteiger partial charge in [0.2, 0.25) is 0 Å². The molecule has 2 aromatic carbocycles. The van der Waals surface area contributed by atoms with Crippen LogP contribution < -0.4 is 4.74 Å². The monoisotopic (exact) mass is 331 g/mol. The minimum Gasteiger partial charge on any atom is -0.457 e. The van der Waals surface area contributed by atoms with E-state index >= 15 is 0 Å². The van der Waals surface area contributed by atoms with Gasteiger partial charge in [0.05, 0.1) is 18.2 Å². The van der Waals surface area contributed by atoms with E-state index in [2.05, 4.69) is 16.9 Å². The molecular formula is C21H21N3O. The molecule has 0 radical (unpaired) electrons. The van der Waals surface area contributed by atoms with Crippen LogP contribution in [-0.4, -0.2) is 29.8 Å². The molecular weight excluding hydrogens is 310 g/mol. The summed E-state index contributed by atoms with van der Waals surface area (Å²) in [5.74, 6) is 1.60. The van der Waals surface area contributed by atoms with Crippen LogP contribution in [0.2, 0.25) is 0 Å². The summed E-state index contributed by atoms with van der Waals surface area (Å²) in [6, 6.07) is 19.7. The molecule has 0 aliphatic carbocycles. The molecule has 0 amide bonds. The quantitative estimate of drug-likeness (QED) is 0.463. The highest BCUT2D eigenvalue weighted by atomic mass is 16.5. The van der Waals surface area contributed by atoms with Crippen LogP contribution in [0.15, 0.2) is 78.0 Å². The first-order valence-electron chi connectivity index (χ1n) is 8.28. The summed E-state index contributed by atoms with van der Waals surface area (Å²) in [4.78, 5) is 10.8. The van der Waals surface area contributed by atoms with Gasteiger partial charge in [0.15, 0.2) is 0 Å². The lowest BCUT2D eigenvalue weighted by molar-refractivity contribution is 0.484. The highest BCUT2D eigenvalue weighted by molar-refractivity contribution is 5.73. The Morgan fingerprint density at radius 1 is 1.04 bits per heavy atom. The van der Waals surface area contributed by atoms with Crippen LogP contribution >= 0.6 is 0 Å². The normalized spacial score (nSPS) is 10.8. The van der Waals surface area contributed by atoms with E-state index in [0.717, 1.165) is 34.9 Å². The van der Waals surface area contributed by atoms with Gasteiger partial charge in [-0.05, 0) is 31.2 Å². The van der Waals surface area contributed by atoms with E-state index in [1.54, 1.807) is 6.20 Å². The number of hydrogen-bond acceptors (Lipinski definition) is 3. The van der Waals surface area contributed by atoms with Crippen molar-refractivity contribution in [2.45, 2.75) is 6.92 Å². The number of para-hydroxylation sites is 2. The third kappa shape index (κ3) is 4.44. The zero-order valence-corrected chi connectivity index (χ0v) is 14.5. The molecule has 0 N–H and O–H groups in total. The molecule has 25 heavy (non-hydrogen) atoms. The number of ether oxygens (including phenoxy) is 1. The van der Waals surface area contributed by atoms with Crippen LogP contribution in [0.1, 0.15) is 6.92 Å².